The predicted molar refractivity (Wildman–Crippen MR) is 133 cm³/mol. The normalized spacial score (nSPS) is 16.9. The Morgan fingerprint density at radius 1 is 1.17 bits per heavy atom. The number of thiophene rings is 1. The summed E-state index contributed by atoms with van der Waals surface area (Å²) in [5, 5.41) is 18.6. The van der Waals surface area contributed by atoms with Gasteiger partial charge < -0.3 is 15.7 Å². The van der Waals surface area contributed by atoms with Gasteiger partial charge in [0, 0.05) is 50.6 Å². The first-order valence-corrected chi connectivity index (χ1v) is 11.0. The lowest BCUT2D eigenvalue weighted by Gasteiger charge is -2.29. The van der Waals surface area contributed by atoms with Crippen LogP contribution in [-0.2, 0) is 13.1 Å². The number of rotatable bonds is 7. The molecule has 160 valence electrons. The Hall–Kier alpha value is -1.16. The smallest absolute Gasteiger partial charge is 0.191 e. The van der Waals surface area contributed by atoms with Crippen molar-refractivity contribution in [2.24, 2.45) is 4.99 Å². The molecule has 1 saturated heterocycles. The van der Waals surface area contributed by atoms with E-state index in [2.05, 4.69) is 69.2 Å². The van der Waals surface area contributed by atoms with Crippen molar-refractivity contribution in [3.05, 3.63) is 57.8 Å². The molecule has 1 aliphatic heterocycles. The first-order valence-electron chi connectivity index (χ1n) is 10.1. The van der Waals surface area contributed by atoms with Crippen LogP contribution in [0.25, 0.3) is 0 Å². The maximum atomic E-state index is 9.62. The number of guanidine groups is 1. The third-order valence-corrected chi connectivity index (χ3v) is 6.38. The molecule has 1 aliphatic rings. The van der Waals surface area contributed by atoms with Gasteiger partial charge in [-0.1, -0.05) is 37.3 Å². The number of halogens is 1. The molecule has 7 heteroatoms. The van der Waals surface area contributed by atoms with E-state index in [1.54, 1.807) is 11.3 Å². The Morgan fingerprint density at radius 3 is 2.48 bits per heavy atom. The standard InChI is InChI=1S/C22H32N4OS.HI/c1-17(21-4-3-13-28-21)14-24-22(23-2)25-15-18-5-7-19(8-6-18)16-26-11-9-20(27)10-12-26;/h3-8,13,17,20,27H,9-12,14-16H2,1-2H3,(H2,23,24,25);1H. The van der Waals surface area contributed by atoms with E-state index in [0.717, 1.165) is 51.5 Å². The van der Waals surface area contributed by atoms with Crippen molar-refractivity contribution >= 4 is 41.3 Å². The first-order chi connectivity index (χ1) is 13.6. The number of aliphatic hydroxyl groups excluding tert-OH is 1. The second-order valence-electron chi connectivity index (χ2n) is 7.55. The predicted octanol–water partition coefficient (Wildman–Crippen LogP) is 3.79. The van der Waals surface area contributed by atoms with Gasteiger partial charge in [0.1, 0.15) is 0 Å². The van der Waals surface area contributed by atoms with Crippen LogP contribution in [0.15, 0.2) is 46.8 Å². The van der Waals surface area contributed by atoms with Crippen LogP contribution in [0.4, 0.5) is 0 Å². The summed E-state index contributed by atoms with van der Waals surface area (Å²) in [6.07, 6.45) is 1.67. The van der Waals surface area contributed by atoms with Crippen molar-refractivity contribution in [2.75, 3.05) is 26.7 Å². The Morgan fingerprint density at radius 2 is 1.86 bits per heavy atom. The van der Waals surface area contributed by atoms with Gasteiger partial charge in [0.15, 0.2) is 5.96 Å². The zero-order valence-corrected chi connectivity index (χ0v) is 20.5. The molecule has 29 heavy (non-hydrogen) atoms. The highest BCUT2D eigenvalue weighted by molar-refractivity contribution is 14.0. The Labute approximate surface area is 195 Å². The zero-order valence-electron chi connectivity index (χ0n) is 17.3. The number of nitrogens with one attached hydrogen (secondary N) is 2. The average Bonchev–Trinajstić information content (AvgIpc) is 3.26. The Bertz CT molecular complexity index is 728. The lowest BCUT2D eigenvalue weighted by molar-refractivity contribution is 0.0792. The lowest BCUT2D eigenvalue weighted by atomic mass is 10.1. The van der Waals surface area contributed by atoms with Gasteiger partial charge in [-0.3, -0.25) is 9.89 Å². The topological polar surface area (TPSA) is 59.9 Å². The number of aliphatic hydroxyl groups is 1. The molecule has 0 spiro atoms. The second kappa shape index (κ2) is 12.5. The van der Waals surface area contributed by atoms with Crippen LogP contribution in [0, 0.1) is 0 Å². The Kier molecular flexibility index (Phi) is 10.4. The van der Waals surface area contributed by atoms with Gasteiger partial charge in [-0.15, -0.1) is 35.3 Å². The van der Waals surface area contributed by atoms with Crippen LogP contribution >= 0.6 is 35.3 Å². The molecule has 1 unspecified atom stereocenters. The maximum absolute atomic E-state index is 9.62. The first kappa shape index (κ1) is 24.1. The highest BCUT2D eigenvalue weighted by Crippen LogP contribution is 2.19. The fourth-order valence-electron chi connectivity index (χ4n) is 3.43. The number of aliphatic imine (C=N–C) groups is 1. The Balaban J connectivity index is 0.00000300. The molecule has 5 nitrogen and oxygen atoms in total. The van der Waals surface area contributed by atoms with E-state index in [0.29, 0.717) is 5.92 Å². The zero-order chi connectivity index (χ0) is 19.8. The number of benzene rings is 1. The van der Waals surface area contributed by atoms with Gasteiger partial charge in [0.2, 0.25) is 0 Å². The molecule has 3 N–H and O–H groups in total. The van der Waals surface area contributed by atoms with Gasteiger partial charge >= 0.3 is 0 Å². The molecule has 0 bridgehead atoms. The molecule has 1 aromatic heterocycles. The van der Waals surface area contributed by atoms with E-state index >= 15 is 0 Å². The number of piperidine rings is 1. The van der Waals surface area contributed by atoms with Gasteiger partial charge in [-0.2, -0.15) is 0 Å². The van der Waals surface area contributed by atoms with Gasteiger partial charge in [-0.05, 0) is 35.4 Å². The molecule has 0 aliphatic carbocycles. The molecule has 2 heterocycles. The monoisotopic (exact) mass is 528 g/mol. The number of hydrogen-bond acceptors (Lipinski definition) is 4. The number of likely N-dealkylation sites (tertiary alicyclic amines) is 1. The molecule has 1 atom stereocenters. The van der Waals surface area contributed by atoms with Crippen LogP contribution in [0.2, 0.25) is 0 Å². The van der Waals surface area contributed by atoms with Gasteiger partial charge in [0.25, 0.3) is 0 Å². The van der Waals surface area contributed by atoms with E-state index in [4.69, 9.17) is 0 Å². The molecular weight excluding hydrogens is 495 g/mol. The SMILES string of the molecule is CN=C(NCc1ccc(CN2CCC(O)CC2)cc1)NCC(C)c1cccs1.I. The average molecular weight is 529 g/mol. The minimum atomic E-state index is -0.110. The highest BCUT2D eigenvalue weighted by atomic mass is 127. The summed E-state index contributed by atoms with van der Waals surface area (Å²) in [6.45, 7) is 6.78. The number of hydrogen-bond donors (Lipinski definition) is 3. The largest absolute Gasteiger partial charge is 0.393 e. The van der Waals surface area contributed by atoms with Gasteiger partial charge in [0.05, 0.1) is 6.10 Å². The van der Waals surface area contributed by atoms with Crippen LogP contribution < -0.4 is 10.6 Å². The fraction of sp³-hybridized carbons (Fsp3) is 0.500. The van der Waals surface area contributed by atoms with E-state index in [1.165, 1.54) is 16.0 Å². The minimum Gasteiger partial charge on any atom is -0.393 e. The lowest BCUT2D eigenvalue weighted by Crippen LogP contribution is -2.38. The third kappa shape index (κ3) is 7.88. The molecule has 0 saturated carbocycles. The third-order valence-electron chi connectivity index (χ3n) is 5.27. The van der Waals surface area contributed by atoms with Crippen molar-refractivity contribution in [1.29, 1.82) is 0 Å². The second-order valence-corrected chi connectivity index (χ2v) is 8.53. The van der Waals surface area contributed by atoms with Crippen LogP contribution in [0.1, 0.15) is 41.7 Å². The summed E-state index contributed by atoms with van der Waals surface area (Å²) < 4.78 is 0. The van der Waals surface area contributed by atoms with Crippen molar-refractivity contribution in [2.45, 2.75) is 44.9 Å². The summed E-state index contributed by atoms with van der Waals surface area (Å²) in [6, 6.07) is 13.1. The van der Waals surface area contributed by atoms with Crippen molar-refractivity contribution in [3.63, 3.8) is 0 Å². The molecule has 2 aromatic rings. The summed E-state index contributed by atoms with van der Waals surface area (Å²) in [5.74, 6) is 1.30. The van der Waals surface area contributed by atoms with Crippen LogP contribution in [-0.4, -0.2) is 48.8 Å². The summed E-state index contributed by atoms with van der Waals surface area (Å²) >= 11 is 1.80. The molecular formula is C22H33IN4OS. The fourth-order valence-corrected chi connectivity index (χ4v) is 4.21. The molecule has 1 aromatic carbocycles. The van der Waals surface area contributed by atoms with Crippen molar-refractivity contribution in [1.82, 2.24) is 15.5 Å². The summed E-state index contributed by atoms with van der Waals surface area (Å²) in [4.78, 5) is 8.14. The summed E-state index contributed by atoms with van der Waals surface area (Å²) in [5.41, 5.74) is 2.57. The quantitative estimate of drug-likeness (QED) is 0.291. The molecule has 3 rings (SSSR count). The molecule has 0 radical (unpaired) electrons. The highest BCUT2D eigenvalue weighted by Gasteiger charge is 2.16. The van der Waals surface area contributed by atoms with E-state index < -0.39 is 0 Å². The minimum absolute atomic E-state index is 0. The number of nitrogens with zero attached hydrogens (tertiary/aromatic N) is 2. The van der Waals surface area contributed by atoms with Crippen molar-refractivity contribution in [3.8, 4) is 0 Å². The molecule has 0 amide bonds. The maximum Gasteiger partial charge on any atom is 0.191 e. The summed E-state index contributed by atoms with van der Waals surface area (Å²) in [7, 11) is 1.81. The van der Waals surface area contributed by atoms with E-state index in [-0.39, 0.29) is 30.1 Å². The van der Waals surface area contributed by atoms with E-state index in [9.17, 15) is 5.11 Å². The van der Waals surface area contributed by atoms with Crippen molar-refractivity contribution < 1.29 is 5.11 Å². The van der Waals surface area contributed by atoms with Gasteiger partial charge in [-0.25, -0.2) is 0 Å². The van der Waals surface area contributed by atoms with Crippen LogP contribution in [0.3, 0.4) is 0 Å². The molecule has 1 fully saturated rings. The van der Waals surface area contributed by atoms with E-state index in [1.807, 2.05) is 7.05 Å². The van der Waals surface area contributed by atoms with Crippen LogP contribution in [0.5, 0.6) is 0 Å².